The van der Waals surface area contributed by atoms with Crippen LogP contribution in [0.5, 0.6) is 23.5 Å². The van der Waals surface area contributed by atoms with Crippen molar-refractivity contribution in [1.29, 1.82) is 0 Å². The molecular formula is C28H48Cl4N12O20Pd4. The topological polar surface area (TPSA) is 721 Å². The van der Waals surface area contributed by atoms with Crippen molar-refractivity contribution in [3.8, 4) is 23.5 Å². The second-order valence-corrected chi connectivity index (χ2v) is 11.5. The second-order valence-electron chi connectivity index (χ2n) is 8.49. The number of hydrogen-bond acceptors (Lipinski definition) is 32. The molecule has 4 aromatic heterocycles. The molecule has 4 rings (SSSR count). The Bertz CT molecular complexity index is 1180. The Morgan fingerprint density at radius 3 is 0.397 bits per heavy atom. The molecule has 16 N–H and O–H groups in total. The summed E-state index contributed by atoms with van der Waals surface area (Å²) < 4.78 is 136. The molecule has 408 valence electrons. The van der Waals surface area contributed by atoms with Crippen LogP contribution in [0.2, 0.25) is 0 Å². The van der Waals surface area contributed by atoms with E-state index in [-0.39, 0.29) is 105 Å². The molecule has 4 aromatic rings. The molecule has 0 radical (unpaired) electrons. The third-order valence-corrected chi connectivity index (χ3v) is 3.22. The van der Waals surface area contributed by atoms with Gasteiger partial charge >= 0.3 is 81.7 Å². The van der Waals surface area contributed by atoms with Crippen LogP contribution in [0, 0.1) is 41.0 Å². The van der Waals surface area contributed by atoms with Crippen molar-refractivity contribution in [3.05, 3.63) is 97.6 Å². The maximum atomic E-state index is 10.2. The standard InChI is InChI=1S/4C5H5NO.4C2H8N2.4ClHO4.4Pd/c4*7-5-3-1-2-4-6-5;4*3-1-2-4;4*2-1(3,4)5;;;;/h4*1-4H,(H,6,7);4*1-4H2;4*(H,2,3,4,5);;;;/q;;;;;;;;;;;;4*+2/p-8. The molecule has 0 spiro atoms. The van der Waals surface area contributed by atoms with Gasteiger partial charge in [0.2, 0.25) is 0 Å². The van der Waals surface area contributed by atoms with Gasteiger partial charge in [-0.3, -0.25) is 19.9 Å². The van der Waals surface area contributed by atoms with Crippen LogP contribution < -0.4 is 141 Å². The molecule has 0 amide bonds. The third kappa shape index (κ3) is 218. The van der Waals surface area contributed by atoms with E-state index in [2.05, 4.69) is 19.9 Å². The van der Waals surface area contributed by atoms with Crippen LogP contribution in [0.4, 0.5) is 0 Å². The van der Waals surface area contributed by atoms with E-state index < -0.39 is 41.0 Å². The molecule has 0 aliphatic heterocycles. The van der Waals surface area contributed by atoms with E-state index in [0.29, 0.717) is 52.4 Å². The number of hydrogen-bond donors (Lipinski definition) is 8. The largest absolute Gasteiger partial charge is 2.00 e. The summed E-state index contributed by atoms with van der Waals surface area (Å²) in [6.45, 7) is 4.78. The fourth-order valence-corrected chi connectivity index (χ4v) is 1.39. The number of aromatic nitrogens is 4. The second kappa shape index (κ2) is 69.9. The van der Waals surface area contributed by atoms with Gasteiger partial charge in [0.05, 0.1) is 0 Å². The first-order valence-electron chi connectivity index (χ1n) is 15.6. The Morgan fingerprint density at radius 2 is 0.368 bits per heavy atom. The third-order valence-electron chi connectivity index (χ3n) is 3.22. The summed E-state index contributed by atoms with van der Waals surface area (Å²) in [6.07, 6.45) is 5.90. The molecule has 0 saturated carbocycles. The van der Waals surface area contributed by atoms with Crippen molar-refractivity contribution in [3.63, 3.8) is 0 Å². The van der Waals surface area contributed by atoms with Crippen molar-refractivity contribution in [2.75, 3.05) is 52.4 Å². The van der Waals surface area contributed by atoms with E-state index >= 15 is 0 Å². The normalized spacial score (nSPS) is 8.82. The average Bonchev–Trinajstić information content (AvgIpc) is 3.18. The maximum absolute atomic E-state index is 10.2. The predicted molar refractivity (Wildman–Crippen MR) is 167 cm³/mol. The fourth-order valence-electron chi connectivity index (χ4n) is 1.39. The van der Waals surface area contributed by atoms with Gasteiger partial charge in [-0.1, -0.05) is 48.5 Å². The summed E-state index contributed by atoms with van der Waals surface area (Å²) in [5, 5.41) is 40.6. The number of rotatable bonds is 4. The summed E-state index contributed by atoms with van der Waals surface area (Å²) in [4.78, 5) is 13.7. The monoisotopic (exact) mass is 1440 g/mol. The van der Waals surface area contributed by atoms with E-state index in [1.54, 1.807) is 48.5 Å². The van der Waals surface area contributed by atoms with Crippen LogP contribution in [0.3, 0.4) is 0 Å². The van der Waals surface area contributed by atoms with Crippen molar-refractivity contribution in [1.82, 2.24) is 19.9 Å². The molecule has 0 fully saturated rings. The predicted octanol–water partition coefficient (Wildman–Crippen LogP) is -22.8. The van der Waals surface area contributed by atoms with Gasteiger partial charge in [0, 0.05) is 77.1 Å². The Labute approximate surface area is 453 Å². The molecule has 0 atom stereocenters. The minimum atomic E-state index is -4.94. The quantitative estimate of drug-likeness (QED) is 0.0880. The van der Waals surface area contributed by atoms with Gasteiger partial charge in [0.15, 0.2) is 0 Å². The Morgan fingerprint density at radius 1 is 0.265 bits per heavy atom. The number of halogens is 4. The SMILES string of the molecule is NCCN.NCCN.NCCN.NCCN.[O-][Cl+3]([O-])([O-])[O-].[O-][Cl+3]([O-])([O-])[O-].[O-][Cl+3]([O-])([O-])[O-].[O-][Cl+3]([O-])([O-])[O-].[O-]c1ccccn1.[O-]c1ccccn1.[O-]c1ccccn1.[O-]c1ccccn1.[Pd+2].[Pd+2].[Pd+2].[Pd+2]. The first kappa shape index (κ1) is 96.2. The molecule has 0 bridgehead atoms. The minimum Gasteiger partial charge on any atom is -0.859 e. The molecular weight excluding hydrogens is 1390 g/mol. The van der Waals surface area contributed by atoms with E-state index in [9.17, 15) is 20.4 Å². The van der Waals surface area contributed by atoms with Crippen molar-refractivity contribution < 1.29 is 218 Å². The molecule has 32 nitrogen and oxygen atoms in total. The van der Waals surface area contributed by atoms with Crippen LogP contribution in [-0.4, -0.2) is 72.3 Å². The summed E-state index contributed by atoms with van der Waals surface area (Å²) in [5.74, 6) is -0.713. The zero-order valence-electron chi connectivity index (χ0n) is 34.2. The Kier molecular flexibility index (Phi) is 98.9. The smallest absolute Gasteiger partial charge is 0.859 e. The average molecular weight is 1440 g/mol. The summed E-state index contributed by atoms with van der Waals surface area (Å²) in [5.41, 5.74) is 39.2. The van der Waals surface area contributed by atoms with Crippen LogP contribution >= 0.6 is 0 Å². The molecule has 4 heterocycles. The zero-order chi connectivity index (χ0) is 52.1. The Balaban J connectivity index is -0.0000000504. The van der Waals surface area contributed by atoms with Crippen LogP contribution in [-0.2, 0) is 81.7 Å². The van der Waals surface area contributed by atoms with Crippen LogP contribution in [0.15, 0.2) is 97.6 Å². The number of pyridine rings is 4. The van der Waals surface area contributed by atoms with Crippen molar-refractivity contribution in [2.24, 2.45) is 45.9 Å². The number of nitrogens with two attached hydrogens (primary N) is 8. The fraction of sp³-hybridized carbons (Fsp3) is 0.286. The van der Waals surface area contributed by atoms with Gasteiger partial charge in [0.25, 0.3) is 0 Å². The van der Waals surface area contributed by atoms with Gasteiger partial charge < -0.3 is 66.3 Å². The zero-order valence-corrected chi connectivity index (χ0v) is 43.5. The van der Waals surface area contributed by atoms with Crippen LogP contribution in [0.1, 0.15) is 0 Å². The molecule has 0 unspecified atom stereocenters. The molecule has 0 saturated heterocycles. The molecule has 40 heteroatoms. The van der Waals surface area contributed by atoms with Gasteiger partial charge in [-0.15, -0.1) is 41.0 Å². The minimum absolute atomic E-state index is 0. The van der Waals surface area contributed by atoms with E-state index in [0.717, 1.165) is 0 Å². The van der Waals surface area contributed by atoms with Gasteiger partial charge in [-0.25, -0.2) is 74.5 Å². The van der Waals surface area contributed by atoms with Gasteiger partial charge in [-0.2, -0.15) is 0 Å². The van der Waals surface area contributed by atoms with E-state index in [1.165, 1.54) is 49.1 Å². The summed E-state index contributed by atoms with van der Waals surface area (Å²) in [6, 6.07) is 19.2. The summed E-state index contributed by atoms with van der Waals surface area (Å²) in [7, 11) is -19.8. The maximum Gasteiger partial charge on any atom is 2.00 e. The van der Waals surface area contributed by atoms with E-state index in [1.807, 2.05) is 0 Å². The first-order chi connectivity index (χ1) is 29.2. The van der Waals surface area contributed by atoms with Crippen molar-refractivity contribution >= 4 is 0 Å². The molecule has 0 aliphatic carbocycles. The van der Waals surface area contributed by atoms with Crippen molar-refractivity contribution in [2.45, 2.75) is 0 Å². The van der Waals surface area contributed by atoms with Gasteiger partial charge in [0.1, 0.15) is 0 Å². The Hall–Kier alpha value is -1.35. The van der Waals surface area contributed by atoms with E-state index in [4.69, 9.17) is 120 Å². The van der Waals surface area contributed by atoms with Crippen LogP contribution in [0.25, 0.3) is 0 Å². The van der Waals surface area contributed by atoms with Gasteiger partial charge in [-0.05, 0) is 47.8 Å². The molecule has 68 heavy (non-hydrogen) atoms. The molecule has 0 aliphatic rings. The first-order valence-corrected chi connectivity index (χ1v) is 20.6. The summed E-state index contributed by atoms with van der Waals surface area (Å²) >= 11 is 0. The number of nitrogens with zero attached hydrogens (tertiary/aromatic N) is 4. The molecule has 0 aromatic carbocycles.